The van der Waals surface area contributed by atoms with E-state index in [2.05, 4.69) is 36.1 Å². The van der Waals surface area contributed by atoms with Crippen molar-refractivity contribution in [1.82, 2.24) is 0 Å². The standard InChI is InChI=1S/C11H16N2/c1-2-9-4-3-5-11(6-9)13-7-10(12)8-13/h3-6,10H,2,7-8,12H2,1H3. The number of hydrogen-bond acceptors (Lipinski definition) is 2. The summed E-state index contributed by atoms with van der Waals surface area (Å²) >= 11 is 0. The summed E-state index contributed by atoms with van der Waals surface area (Å²) in [5.41, 5.74) is 8.46. The van der Waals surface area contributed by atoms with Crippen molar-refractivity contribution in [3.63, 3.8) is 0 Å². The van der Waals surface area contributed by atoms with Gasteiger partial charge >= 0.3 is 0 Å². The molecule has 0 unspecified atom stereocenters. The van der Waals surface area contributed by atoms with Crippen LogP contribution in [0.3, 0.4) is 0 Å². The lowest BCUT2D eigenvalue weighted by molar-refractivity contribution is 0.519. The Bertz CT molecular complexity index is 290. The van der Waals surface area contributed by atoms with Crippen LogP contribution >= 0.6 is 0 Å². The zero-order valence-corrected chi connectivity index (χ0v) is 8.03. The maximum absolute atomic E-state index is 5.74. The van der Waals surface area contributed by atoms with Crippen LogP contribution in [0.1, 0.15) is 12.5 Å². The summed E-state index contributed by atoms with van der Waals surface area (Å²) in [5.74, 6) is 0. The summed E-state index contributed by atoms with van der Waals surface area (Å²) < 4.78 is 0. The Balaban J connectivity index is 2.12. The van der Waals surface area contributed by atoms with E-state index in [0.29, 0.717) is 6.04 Å². The second-order valence-corrected chi connectivity index (χ2v) is 3.69. The van der Waals surface area contributed by atoms with Gasteiger partial charge in [0, 0.05) is 24.8 Å². The third-order valence-electron chi connectivity index (χ3n) is 2.59. The van der Waals surface area contributed by atoms with Gasteiger partial charge in [-0.2, -0.15) is 0 Å². The van der Waals surface area contributed by atoms with Crippen molar-refractivity contribution in [2.75, 3.05) is 18.0 Å². The van der Waals surface area contributed by atoms with Gasteiger partial charge in [-0.05, 0) is 24.1 Å². The monoisotopic (exact) mass is 176 g/mol. The summed E-state index contributed by atoms with van der Waals surface area (Å²) in [6.45, 7) is 4.20. The fourth-order valence-corrected chi connectivity index (χ4v) is 1.70. The molecule has 2 N–H and O–H groups in total. The fourth-order valence-electron chi connectivity index (χ4n) is 1.70. The second-order valence-electron chi connectivity index (χ2n) is 3.69. The quantitative estimate of drug-likeness (QED) is 0.738. The van der Waals surface area contributed by atoms with Crippen LogP contribution in [0.15, 0.2) is 24.3 Å². The maximum Gasteiger partial charge on any atom is 0.0395 e. The van der Waals surface area contributed by atoms with Crippen molar-refractivity contribution in [1.29, 1.82) is 0 Å². The van der Waals surface area contributed by atoms with Crippen molar-refractivity contribution in [2.45, 2.75) is 19.4 Å². The molecule has 2 rings (SSSR count). The molecule has 13 heavy (non-hydrogen) atoms. The molecule has 1 aromatic carbocycles. The van der Waals surface area contributed by atoms with E-state index in [9.17, 15) is 0 Å². The van der Waals surface area contributed by atoms with E-state index in [4.69, 9.17) is 5.73 Å². The molecule has 0 radical (unpaired) electrons. The number of benzene rings is 1. The molecular formula is C11H16N2. The summed E-state index contributed by atoms with van der Waals surface area (Å²) in [4.78, 5) is 2.32. The molecule has 2 nitrogen and oxygen atoms in total. The number of aryl methyl sites for hydroxylation is 1. The highest BCUT2D eigenvalue weighted by atomic mass is 15.2. The molecule has 1 heterocycles. The van der Waals surface area contributed by atoms with E-state index in [0.717, 1.165) is 19.5 Å². The smallest absolute Gasteiger partial charge is 0.0395 e. The van der Waals surface area contributed by atoms with Gasteiger partial charge in [-0.25, -0.2) is 0 Å². The molecule has 1 aliphatic heterocycles. The first-order valence-corrected chi connectivity index (χ1v) is 4.89. The van der Waals surface area contributed by atoms with Gasteiger partial charge in [-0.15, -0.1) is 0 Å². The molecule has 0 saturated carbocycles. The molecule has 1 aliphatic rings. The topological polar surface area (TPSA) is 29.3 Å². The first-order chi connectivity index (χ1) is 6.29. The van der Waals surface area contributed by atoms with E-state index >= 15 is 0 Å². The first kappa shape index (κ1) is 8.57. The average Bonchev–Trinajstić information content (AvgIpc) is 2.13. The summed E-state index contributed by atoms with van der Waals surface area (Å²) in [7, 11) is 0. The number of nitrogens with zero attached hydrogens (tertiary/aromatic N) is 1. The Labute approximate surface area is 79.4 Å². The average molecular weight is 176 g/mol. The molecule has 0 amide bonds. The van der Waals surface area contributed by atoms with Crippen LogP contribution in [0.25, 0.3) is 0 Å². The van der Waals surface area contributed by atoms with Gasteiger partial charge in [-0.1, -0.05) is 19.1 Å². The van der Waals surface area contributed by atoms with Gasteiger partial charge in [0.2, 0.25) is 0 Å². The number of nitrogens with two attached hydrogens (primary N) is 1. The van der Waals surface area contributed by atoms with Crippen LogP contribution in [-0.4, -0.2) is 19.1 Å². The first-order valence-electron chi connectivity index (χ1n) is 4.89. The van der Waals surface area contributed by atoms with Crippen molar-refractivity contribution < 1.29 is 0 Å². The summed E-state index contributed by atoms with van der Waals surface area (Å²) in [5, 5.41) is 0. The van der Waals surface area contributed by atoms with E-state index in [1.54, 1.807) is 0 Å². The van der Waals surface area contributed by atoms with Crippen LogP contribution in [-0.2, 0) is 6.42 Å². The normalized spacial score (nSPS) is 17.2. The van der Waals surface area contributed by atoms with Crippen LogP contribution in [0.5, 0.6) is 0 Å². The zero-order valence-electron chi connectivity index (χ0n) is 8.03. The summed E-state index contributed by atoms with van der Waals surface area (Å²) in [6, 6.07) is 9.09. The highest BCUT2D eigenvalue weighted by Crippen LogP contribution is 2.21. The number of anilines is 1. The predicted molar refractivity (Wildman–Crippen MR) is 56.0 cm³/mol. The number of hydrogen-bond donors (Lipinski definition) is 1. The van der Waals surface area contributed by atoms with Gasteiger partial charge in [0.15, 0.2) is 0 Å². The highest BCUT2D eigenvalue weighted by Gasteiger charge is 2.22. The van der Waals surface area contributed by atoms with Gasteiger partial charge in [-0.3, -0.25) is 0 Å². The minimum atomic E-state index is 0.380. The van der Waals surface area contributed by atoms with Gasteiger partial charge in [0.25, 0.3) is 0 Å². The lowest BCUT2D eigenvalue weighted by atomic mass is 10.1. The van der Waals surface area contributed by atoms with Crippen molar-refractivity contribution in [3.8, 4) is 0 Å². The molecule has 1 fully saturated rings. The molecule has 1 aromatic rings. The molecule has 0 atom stereocenters. The van der Waals surface area contributed by atoms with E-state index < -0.39 is 0 Å². The number of rotatable bonds is 2. The Morgan fingerprint density at radius 1 is 1.46 bits per heavy atom. The second kappa shape index (κ2) is 3.38. The Morgan fingerprint density at radius 2 is 2.23 bits per heavy atom. The molecular weight excluding hydrogens is 160 g/mol. The third-order valence-corrected chi connectivity index (χ3v) is 2.59. The van der Waals surface area contributed by atoms with Gasteiger partial charge in [0.05, 0.1) is 0 Å². The largest absolute Gasteiger partial charge is 0.368 e. The van der Waals surface area contributed by atoms with Gasteiger partial charge < -0.3 is 10.6 Å². The van der Waals surface area contributed by atoms with E-state index in [1.165, 1.54) is 11.3 Å². The summed E-state index contributed by atoms with van der Waals surface area (Å²) in [6.07, 6.45) is 1.10. The maximum atomic E-state index is 5.74. The Morgan fingerprint density at radius 3 is 2.85 bits per heavy atom. The molecule has 0 aromatic heterocycles. The van der Waals surface area contributed by atoms with Crippen molar-refractivity contribution in [2.24, 2.45) is 5.73 Å². The van der Waals surface area contributed by atoms with Crippen molar-refractivity contribution in [3.05, 3.63) is 29.8 Å². The Hall–Kier alpha value is -1.02. The molecule has 0 spiro atoms. The van der Waals surface area contributed by atoms with Crippen LogP contribution in [0, 0.1) is 0 Å². The molecule has 1 saturated heterocycles. The van der Waals surface area contributed by atoms with E-state index in [1.807, 2.05) is 0 Å². The third kappa shape index (κ3) is 1.68. The van der Waals surface area contributed by atoms with Crippen molar-refractivity contribution >= 4 is 5.69 Å². The van der Waals surface area contributed by atoms with E-state index in [-0.39, 0.29) is 0 Å². The van der Waals surface area contributed by atoms with Crippen LogP contribution in [0.4, 0.5) is 5.69 Å². The molecule has 2 heteroatoms. The van der Waals surface area contributed by atoms with Crippen LogP contribution in [0.2, 0.25) is 0 Å². The lowest BCUT2D eigenvalue weighted by Gasteiger charge is -2.39. The SMILES string of the molecule is CCc1cccc(N2CC(N)C2)c1. The zero-order chi connectivity index (χ0) is 9.26. The predicted octanol–water partition coefficient (Wildman–Crippen LogP) is 1.40. The molecule has 70 valence electrons. The van der Waals surface area contributed by atoms with Crippen LogP contribution < -0.4 is 10.6 Å². The molecule has 0 bridgehead atoms. The fraction of sp³-hybridized carbons (Fsp3) is 0.455. The van der Waals surface area contributed by atoms with Gasteiger partial charge in [0.1, 0.15) is 0 Å². The molecule has 0 aliphatic carbocycles. The minimum absolute atomic E-state index is 0.380. The lowest BCUT2D eigenvalue weighted by Crippen LogP contribution is -2.55. The minimum Gasteiger partial charge on any atom is -0.368 e. The highest BCUT2D eigenvalue weighted by molar-refractivity contribution is 5.51. The Kier molecular flexibility index (Phi) is 2.23.